The second kappa shape index (κ2) is 5.66. The molecular formula is C13H22N4. The Kier molecular flexibility index (Phi) is 4.49. The summed E-state index contributed by atoms with van der Waals surface area (Å²) in [6, 6.07) is 2.50. The van der Waals surface area contributed by atoms with Gasteiger partial charge in [0.15, 0.2) is 5.65 Å². The Morgan fingerprint density at radius 3 is 2.41 bits per heavy atom. The first kappa shape index (κ1) is 13.5. The number of anilines is 1. The van der Waals surface area contributed by atoms with Crippen LogP contribution in [-0.2, 0) is 0 Å². The largest absolute Gasteiger partial charge is 0.380 e. The lowest BCUT2D eigenvalue weighted by atomic mass is 10.2. The second-order valence-corrected chi connectivity index (χ2v) is 4.17. The van der Waals surface area contributed by atoms with Crippen molar-refractivity contribution >= 4 is 11.3 Å². The number of hydrogen-bond donors (Lipinski definition) is 1. The quantitative estimate of drug-likeness (QED) is 0.867. The van der Waals surface area contributed by atoms with Crippen molar-refractivity contribution in [3.8, 4) is 0 Å². The van der Waals surface area contributed by atoms with E-state index < -0.39 is 0 Å². The summed E-state index contributed by atoms with van der Waals surface area (Å²) >= 11 is 0. The highest BCUT2D eigenvalue weighted by Crippen LogP contribution is 2.18. The average molecular weight is 234 g/mol. The molecule has 17 heavy (non-hydrogen) atoms. The van der Waals surface area contributed by atoms with Gasteiger partial charge in [-0.3, -0.25) is 4.40 Å². The van der Waals surface area contributed by atoms with Crippen molar-refractivity contribution in [2.75, 3.05) is 5.32 Å². The van der Waals surface area contributed by atoms with Crippen LogP contribution in [0.4, 0.5) is 5.69 Å². The van der Waals surface area contributed by atoms with Gasteiger partial charge in [-0.25, -0.2) is 0 Å². The van der Waals surface area contributed by atoms with Crippen molar-refractivity contribution in [3.05, 3.63) is 23.7 Å². The summed E-state index contributed by atoms with van der Waals surface area (Å²) in [6.07, 6.45) is 2.05. The number of fused-ring (bicyclic) bond motifs is 1. The van der Waals surface area contributed by atoms with Crippen molar-refractivity contribution in [2.45, 2.75) is 47.6 Å². The molecular weight excluding hydrogens is 212 g/mol. The van der Waals surface area contributed by atoms with Crippen LogP contribution in [-0.4, -0.2) is 20.6 Å². The van der Waals surface area contributed by atoms with Crippen LogP contribution in [0.15, 0.2) is 12.3 Å². The number of pyridine rings is 1. The van der Waals surface area contributed by atoms with Gasteiger partial charge in [0.25, 0.3) is 0 Å². The zero-order valence-corrected chi connectivity index (χ0v) is 11.6. The summed E-state index contributed by atoms with van der Waals surface area (Å²) in [4.78, 5) is 0. The molecule has 94 valence electrons. The van der Waals surface area contributed by atoms with Crippen LogP contribution in [0, 0.1) is 13.8 Å². The molecule has 0 aromatic carbocycles. The fourth-order valence-corrected chi connectivity index (χ4v) is 1.66. The van der Waals surface area contributed by atoms with E-state index in [1.807, 2.05) is 25.2 Å². The molecule has 0 aliphatic heterocycles. The van der Waals surface area contributed by atoms with Gasteiger partial charge in [0, 0.05) is 12.2 Å². The maximum absolute atomic E-state index is 4.16. The normalized spacial score (nSPS) is 10.3. The Hall–Kier alpha value is -1.58. The minimum Gasteiger partial charge on any atom is -0.380 e. The predicted molar refractivity (Wildman–Crippen MR) is 72.6 cm³/mol. The fraction of sp³-hybridized carbons (Fsp3) is 0.538. The standard InChI is InChI=1S/C11H16N4.C2H6/c1-7(2)12-10-5-8(3)6-15-9(4)13-14-11(10)15;1-2/h5-7,12H,1-4H3;1-2H3. The van der Waals surface area contributed by atoms with E-state index in [9.17, 15) is 0 Å². The first-order valence-corrected chi connectivity index (χ1v) is 6.16. The third kappa shape index (κ3) is 2.96. The van der Waals surface area contributed by atoms with E-state index >= 15 is 0 Å². The van der Waals surface area contributed by atoms with Gasteiger partial charge in [-0.2, -0.15) is 0 Å². The van der Waals surface area contributed by atoms with Crippen LogP contribution >= 0.6 is 0 Å². The fourth-order valence-electron chi connectivity index (χ4n) is 1.66. The molecule has 2 heterocycles. The van der Waals surface area contributed by atoms with Crippen LogP contribution in [0.2, 0.25) is 0 Å². The first-order valence-electron chi connectivity index (χ1n) is 6.16. The number of nitrogens with one attached hydrogen (secondary N) is 1. The van der Waals surface area contributed by atoms with E-state index in [2.05, 4.69) is 48.5 Å². The molecule has 0 radical (unpaired) electrons. The minimum absolute atomic E-state index is 0.396. The van der Waals surface area contributed by atoms with Gasteiger partial charge in [0.2, 0.25) is 0 Å². The van der Waals surface area contributed by atoms with Gasteiger partial charge in [-0.15, -0.1) is 10.2 Å². The molecule has 0 unspecified atom stereocenters. The molecule has 0 aliphatic carbocycles. The predicted octanol–water partition coefficient (Wildman–Crippen LogP) is 3.19. The lowest BCUT2D eigenvalue weighted by molar-refractivity contribution is 0.897. The van der Waals surface area contributed by atoms with E-state index in [-0.39, 0.29) is 0 Å². The molecule has 2 rings (SSSR count). The van der Waals surface area contributed by atoms with E-state index in [1.54, 1.807) is 0 Å². The van der Waals surface area contributed by atoms with Gasteiger partial charge in [0.1, 0.15) is 5.82 Å². The van der Waals surface area contributed by atoms with Crippen LogP contribution in [0.25, 0.3) is 5.65 Å². The molecule has 0 saturated heterocycles. The Bertz CT molecular complexity index is 485. The SMILES string of the molecule is CC.Cc1cc(NC(C)C)c2nnc(C)n2c1. The van der Waals surface area contributed by atoms with E-state index in [4.69, 9.17) is 0 Å². The van der Waals surface area contributed by atoms with Crippen LogP contribution in [0.1, 0.15) is 39.1 Å². The minimum atomic E-state index is 0.396. The second-order valence-electron chi connectivity index (χ2n) is 4.17. The molecule has 0 atom stereocenters. The summed E-state index contributed by atoms with van der Waals surface area (Å²) in [5.41, 5.74) is 3.14. The third-order valence-electron chi connectivity index (χ3n) is 2.26. The van der Waals surface area contributed by atoms with Crippen molar-refractivity contribution in [1.82, 2.24) is 14.6 Å². The maximum Gasteiger partial charge on any atom is 0.184 e. The number of rotatable bonds is 2. The molecule has 0 saturated carbocycles. The maximum atomic E-state index is 4.16. The van der Waals surface area contributed by atoms with Crippen LogP contribution in [0.3, 0.4) is 0 Å². The van der Waals surface area contributed by atoms with Crippen LogP contribution in [0.5, 0.6) is 0 Å². The van der Waals surface area contributed by atoms with Gasteiger partial charge >= 0.3 is 0 Å². The van der Waals surface area contributed by atoms with E-state index in [0.717, 1.165) is 17.2 Å². The van der Waals surface area contributed by atoms with Crippen molar-refractivity contribution in [3.63, 3.8) is 0 Å². The van der Waals surface area contributed by atoms with Crippen molar-refractivity contribution < 1.29 is 0 Å². The number of aryl methyl sites for hydroxylation is 2. The molecule has 0 bridgehead atoms. The molecule has 2 aromatic rings. The zero-order valence-electron chi connectivity index (χ0n) is 11.6. The Morgan fingerprint density at radius 1 is 1.18 bits per heavy atom. The Labute approximate surface area is 103 Å². The summed E-state index contributed by atoms with van der Waals surface area (Å²) in [7, 11) is 0. The molecule has 4 nitrogen and oxygen atoms in total. The highest BCUT2D eigenvalue weighted by molar-refractivity contribution is 5.68. The molecule has 0 fully saturated rings. The summed E-state index contributed by atoms with van der Waals surface area (Å²) in [6.45, 7) is 12.3. The smallest absolute Gasteiger partial charge is 0.184 e. The van der Waals surface area contributed by atoms with E-state index in [1.165, 1.54) is 5.56 Å². The number of nitrogens with zero attached hydrogens (tertiary/aromatic N) is 3. The first-order chi connectivity index (χ1) is 8.08. The molecule has 0 amide bonds. The van der Waals surface area contributed by atoms with Gasteiger partial charge in [-0.1, -0.05) is 13.8 Å². The average Bonchev–Trinajstić information content (AvgIpc) is 2.63. The summed E-state index contributed by atoms with van der Waals surface area (Å²) < 4.78 is 2.01. The number of aromatic nitrogens is 3. The highest BCUT2D eigenvalue weighted by Gasteiger charge is 2.08. The lowest BCUT2D eigenvalue weighted by Gasteiger charge is -2.11. The Morgan fingerprint density at radius 2 is 1.82 bits per heavy atom. The third-order valence-corrected chi connectivity index (χ3v) is 2.26. The van der Waals surface area contributed by atoms with Crippen molar-refractivity contribution in [2.24, 2.45) is 0 Å². The zero-order chi connectivity index (χ0) is 13.0. The molecule has 0 aliphatic rings. The van der Waals surface area contributed by atoms with Gasteiger partial charge in [0.05, 0.1) is 5.69 Å². The van der Waals surface area contributed by atoms with E-state index in [0.29, 0.717) is 6.04 Å². The highest BCUT2D eigenvalue weighted by atomic mass is 15.3. The molecule has 1 N–H and O–H groups in total. The summed E-state index contributed by atoms with van der Waals surface area (Å²) in [5.74, 6) is 0.917. The summed E-state index contributed by atoms with van der Waals surface area (Å²) in [5, 5.41) is 11.6. The van der Waals surface area contributed by atoms with Gasteiger partial charge in [-0.05, 0) is 39.3 Å². The topological polar surface area (TPSA) is 42.2 Å². The van der Waals surface area contributed by atoms with Gasteiger partial charge < -0.3 is 5.32 Å². The Balaban J connectivity index is 0.000000686. The molecule has 0 spiro atoms. The van der Waals surface area contributed by atoms with Crippen molar-refractivity contribution in [1.29, 1.82) is 0 Å². The lowest BCUT2D eigenvalue weighted by Crippen LogP contribution is -2.11. The monoisotopic (exact) mass is 234 g/mol. The molecule has 2 aromatic heterocycles. The number of hydrogen-bond acceptors (Lipinski definition) is 3. The molecule has 4 heteroatoms. The van der Waals surface area contributed by atoms with Crippen LogP contribution < -0.4 is 5.32 Å².